The van der Waals surface area contributed by atoms with Crippen molar-refractivity contribution in [1.82, 2.24) is 0 Å². The van der Waals surface area contributed by atoms with Crippen LogP contribution in [0.5, 0.6) is 0 Å². The first-order chi connectivity index (χ1) is 7.91. The van der Waals surface area contributed by atoms with E-state index < -0.39 is 11.0 Å². The van der Waals surface area contributed by atoms with Gasteiger partial charge in [-0.2, -0.15) is 0 Å². The summed E-state index contributed by atoms with van der Waals surface area (Å²) in [6.07, 6.45) is 0. The van der Waals surface area contributed by atoms with Crippen LogP contribution >= 0.6 is 12.4 Å². The van der Waals surface area contributed by atoms with E-state index in [1.54, 1.807) is 6.07 Å². The SMILES string of the molecule is CC(C)[C@@H](N)C(=O)Nc1cccc([N+](=O)[O-])c1.Cl. The number of hydrogen-bond donors (Lipinski definition) is 2. The normalized spacial score (nSPS) is 11.6. The molecule has 7 heteroatoms. The molecule has 18 heavy (non-hydrogen) atoms. The van der Waals surface area contributed by atoms with Gasteiger partial charge in [0.15, 0.2) is 0 Å². The van der Waals surface area contributed by atoms with E-state index >= 15 is 0 Å². The third kappa shape index (κ3) is 4.31. The van der Waals surface area contributed by atoms with Crippen molar-refractivity contribution in [3.63, 3.8) is 0 Å². The van der Waals surface area contributed by atoms with Gasteiger partial charge in [-0.25, -0.2) is 0 Å². The Hall–Kier alpha value is -1.66. The number of rotatable bonds is 4. The quantitative estimate of drug-likeness (QED) is 0.647. The maximum Gasteiger partial charge on any atom is 0.271 e. The Morgan fingerprint density at radius 1 is 1.44 bits per heavy atom. The molecule has 0 spiro atoms. The fraction of sp³-hybridized carbons (Fsp3) is 0.364. The third-order valence-corrected chi connectivity index (χ3v) is 2.35. The van der Waals surface area contributed by atoms with Gasteiger partial charge in [0.25, 0.3) is 5.69 Å². The van der Waals surface area contributed by atoms with Gasteiger partial charge in [-0.1, -0.05) is 19.9 Å². The number of halogens is 1. The van der Waals surface area contributed by atoms with E-state index in [1.807, 2.05) is 13.8 Å². The minimum atomic E-state index is -0.630. The number of nitrogens with one attached hydrogen (secondary N) is 1. The molecular formula is C11H16ClN3O3. The molecular weight excluding hydrogens is 258 g/mol. The van der Waals surface area contributed by atoms with Crippen molar-refractivity contribution in [2.45, 2.75) is 19.9 Å². The fourth-order valence-corrected chi connectivity index (χ4v) is 1.23. The minimum Gasteiger partial charge on any atom is -0.324 e. The van der Waals surface area contributed by atoms with Gasteiger partial charge in [-0.05, 0) is 12.0 Å². The van der Waals surface area contributed by atoms with Gasteiger partial charge in [-0.15, -0.1) is 12.4 Å². The first kappa shape index (κ1) is 16.3. The van der Waals surface area contributed by atoms with Gasteiger partial charge >= 0.3 is 0 Å². The van der Waals surface area contributed by atoms with Crippen LogP contribution in [-0.4, -0.2) is 16.9 Å². The lowest BCUT2D eigenvalue weighted by atomic mass is 10.0. The summed E-state index contributed by atoms with van der Waals surface area (Å²) in [5, 5.41) is 13.1. The summed E-state index contributed by atoms with van der Waals surface area (Å²) < 4.78 is 0. The number of nitro groups is 1. The number of hydrogen-bond acceptors (Lipinski definition) is 4. The molecule has 1 amide bonds. The largest absolute Gasteiger partial charge is 0.324 e. The molecule has 0 bridgehead atoms. The van der Waals surface area contributed by atoms with Crippen LogP contribution in [-0.2, 0) is 4.79 Å². The molecule has 0 aromatic heterocycles. The number of carbonyl (C=O) groups excluding carboxylic acids is 1. The number of non-ortho nitro benzene ring substituents is 1. The number of benzene rings is 1. The van der Waals surface area contributed by atoms with Gasteiger partial charge < -0.3 is 11.1 Å². The fourth-order valence-electron chi connectivity index (χ4n) is 1.23. The van der Waals surface area contributed by atoms with E-state index in [9.17, 15) is 14.9 Å². The van der Waals surface area contributed by atoms with Crippen molar-refractivity contribution in [2.75, 3.05) is 5.32 Å². The van der Waals surface area contributed by atoms with Crippen molar-refractivity contribution in [3.05, 3.63) is 34.4 Å². The highest BCUT2D eigenvalue weighted by molar-refractivity contribution is 5.95. The van der Waals surface area contributed by atoms with Gasteiger partial charge in [0.1, 0.15) is 0 Å². The van der Waals surface area contributed by atoms with E-state index in [-0.39, 0.29) is 29.9 Å². The molecule has 3 N–H and O–H groups in total. The Morgan fingerprint density at radius 3 is 2.56 bits per heavy atom. The number of anilines is 1. The monoisotopic (exact) mass is 273 g/mol. The molecule has 1 atom stereocenters. The molecule has 1 aromatic rings. The van der Waals surface area contributed by atoms with Gasteiger partial charge in [0.05, 0.1) is 11.0 Å². The molecule has 1 rings (SSSR count). The molecule has 0 aliphatic heterocycles. The van der Waals surface area contributed by atoms with Crippen LogP contribution in [0.2, 0.25) is 0 Å². The van der Waals surface area contributed by atoms with Gasteiger partial charge in [-0.3, -0.25) is 14.9 Å². The van der Waals surface area contributed by atoms with Crippen LogP contribution in [0, 0.1) is 16.0 Å². The van der Waals surface area contributed by atoms with Crippen molar-refractivity contribution in [2.24, 2.45) is 11.7 Å². The summed E-state index contributed by atoms with van der Waals surface area (Å²) in [6.45, 7) is 3.66. The topological polar surface area (TPSA) is 98.3 Å². The summed E-state index contributed by atoms with van der Waals surface area (Å²) >= 11 is 0. The molecule has 0 heterocycles. The standard InChI is InChI=1S/C11H15N3O3.ClH/c1-7(2)10(12)11(15)13-8-4-3-5-9(6-8)14(16)17;/h3-7,10H,12H2,1-2H3,(H,13,15);1H/t10-;/m1./s1. The van der Waals surface area contributed by atoms with Crippen LogP contribution in [0.4, 0.5) is 11.4 Å². The average Bonchev–Trinajstić information content (AvgIpc) is 2.28. The summed E-state index contributed by atoms with van der Waals surface area (Å²) in [7, 11) is 0. The summed E-state index contributed by atoms with van der Waals surface area (Å²) in [5.41, 5.74) is 5.97. The number of carbonyl (C=O) groups is 1. The number of nitrogens with zero attached hydrogens (tertiary/aromatic N) is 1. The maximum atomic E-state index is 11.6. The summed E-state index contributed by atoms with van der Waals surface area (Å²) in [6, 6.07) is 5.12. The zero-order valence-corrected chi connectivity index (χ0v) is 10.9. The predicted molar refractivity (Wildman–Crippen MR) is 71.8 cm³/mol. The molecule has 0 unspecified atom stereocenters. The molecule has 6 nitrogen and oxygen atoms in total. The lowest BCUT2D eigenvalue weighted by molar-refractivity contribution is -0.384. The molecule has 1 aromatic carbocycles. The molecule has 0 aliphatic rings. The predicted octanol–water partition coefficient (Wildman–Crippen LogP) is 1.94. The Morgan fingerprint density at radius 2 is 2.06 bits per heavy atom. The van der Waals surface area contributed by atoms with Crippen molar-refractivity contribution in [1.29, 1.82) is 0 Å². The molecule has 0 fully saturated rings. The zero-order chi connectivity index (χ0) is 13.0. The van der Waals surface area contributed by atoms with Gasteiger partial charge in [0.2, 0.25) is 5.91 Å². The van der Waals surface area contributed by atoms with Gasteiger partial charge in [0, 0.05) is 17.8 Å². The lowest BCUT2D eigenvalue weighted by Crippen LogP contribution is -2.39. The molecule has 100 valence electrons. The Kier molecular flexibility index (Phi) is 6.29. The molecule has 0 aliphatic carbocycles. The third-order valence-electron chi connectivity index (χ3n) is 2.35. The minimum absolute atomic E-state index is 0. The molecule has 0 saturated heterocycles. The Labute approximate surface area is 111 Å². The highest BCUT2D eigenvalue weighted by atomic mass is 35.5. The Bertz CT molecular complexity index is 437. The smallest absolute Gasteiger partial charge is 0.271 e. The van der Waals surface area contributed by atoms with E-state index in [2.05, 4.69) is 5.32 Å². The first-order valence-electron chi connectivity index (χ1n) is 5.22. The summed E-state index contributed by atoms with van der Waals surface area (Å²) in [4.78, 5) is 21.7. The van der Waals surface area contributed by atoms with Crippen LogP contribution in [0.1, 0.15) is 13.8 Å². The van der Waals surface area contributed by atoms with Crippen molar-refractivity contribution < 1.29 is 9.72 Å². The summed E-state index contributed by atoms with van der Waals surface area (Å²) in [5.74, 6) is -0.339. The second-order valence-corrected chi connectivity index (χ2v) is 4.07. The Balaban J connectivity index is 0.00000289. The second kappa shape index (κ2) is 6.93. The van der Waals surface area contributed by atoms with Crippen LogP contribution < -0.4 is 11.1 Å². The number of amides is 1. The second-order valence-electron chi connectivity index (χ2n) is 4.07. The maximum absolute atomic E-state index is 11.6. The van der Waals surface area contributed by atoms with E-state index in [4.69, 9.17) is 5.73 Å². The van der Waals surface area contributed by atoms with Crippen LogP contribution in [0.15, 0.2) is 24.3 Å². The highest BCUT2D eigenvalue weighted by Gasteiger charge is 2.17. The lowest BCUT2D eigenvalue weighted by Gasteiger charge is -2.15. The van der Waals surface area contributed by atoms with Crippen molar-refractivity contribution in [3.8, 4) is 0 Å². The average molecular weight is 274 g/mol. The number of nitrogens with two attached hydrogens (primary N) is 1. The first-order valence-corrected chi connectivity index (χ1v) is 5.22. The van der Waals surface area contributed by atoms with Crippen LogP contribution in [0.25, 0.3) is 0 Å². The zero-order valence-electron chi connectivity index (χ0n) is 10.1. The molecule has 0 radical (unpaired) electrons. The van der Waals surface area contributed by atoms with E-state index in [0.29, 0.717) is 5.69 Å². The van der Waals surface area contributed by atoms with Crippen LogP contribution in [0.3, 0.4) is 0 Å². The van der Waals surface area contributed by atoms with Crippen molar-refractivity contribution >= 4 is 29.7 Å². The van der Waals surface area contributed by atoms with E-state index in [0.717, 1.165) is 0 Å². The van der Waals surface area contributed by atoms with E-state index in [1.165, 1.54) is 18.2 Å². The number of nitro benzene ring substituents is 1. The molecule has 0 saturated carbocycles. The highest BCUT2D eigenvalue weighted by Crippen LogP contribution is 2.17.